The fraction of sp³-hybridized carbons (Fsp3) is 0.600. The van der Waals surface area contributed by atoms with Gasteiger partial charge in [-0.1, -0.05) is 32.0 Å². The zero-order valence-electron chi connectivity index (χ0n) is 11.8. The molecule has 1 aromatic carbocycles. The van der Waals surface area contributed by atoms with Crippen molar-refractivity contribution in [2.75, 3.05) is 32.9 Å². The highest BCUT2D eigenvalue weighted by atomic mass is 16.5. The molecule has 0 spiro atoms. The predicted octanol–water partition coefficient (Wildman–Crippen LogP) is 1.69. The molecule has 0 saturated heterocycles. The number of ether oxygens (including phenoxy) is 2. The maximum atomic E-state index is 9.65. The fourth-order valence-electron chi connectivity index (χ4n) is 1.55. The lowest BCUT2D eigenvalue weighted by molar-refractivity contribution is 0.0249. The van der Waals surface area contributed by atoms with Crippen LogP contribution >= 0.6 is 0 Å². The zero-order chi connectivity index (χ0) is 13.9. The van der Waals surface area contributed by atoms with Gasteiger partial charge in [0.1, 0.15) is 12.4 Å². The number of aliphatic hydroxyl groups excluding tert-OH is 1. The lowest BCUT2D eigenvalue weighted by Gasteiger charge is -2.13. The third-order valence-corrected chi connectivity index (χ3v) is 2.48. The summed E-state index contributed by atoms with van der Waals surface area (Å²) in [5, 5.41) is 12.8. The second-order valence-electron chi connectivity index (χ2n) is 4.94. The van der Waals surface area contributed by atoms with Crippen molar-refractivity contribution < 1.29 is 14.6 Å². The molecule has 2 N–H and O–H groups in total. The molecule has 0 aliphatic heterocycles. The maximum Gasteiger partial charge on any atom is 0.119 e. The number of hydrogen-bond donors (Lipinski definition) is 2. The van der Waals surface area contributed by atoms with Crippen LogP contribution in [0, 0.1) is 5.92 Å². The van der Waals surface area contributed by atoms with Gasteiger partial charge in [-0.05, 0) is 24.6 Å². The van der Waals surface area contributed by atoms with E-state index in [0.29, 0.717) is 32.3 Å². The molecule has 0 aromatic heterocycles. The molecule has 4 nitrogen and oxygen atoms in total. The Bertz CT molecular complexity index is 316. The molecule has 4 heteroatoms. The first kappa shape index (κ1) is 16.0. The molecule has 0 radical (unpaired) electrons. The summed E-state index contributed by atoms with van der Waals surface area (Å²) in [5.74, 6) is 1.43. The van der Waals surface area contributed by atoms with Gasteiger partial charge in [-0.15, -0.1) is 0 Å². The van der Waals surface area contributed by atoms with E-state index >= 15 is 0 Å². The summed E-state index contributed by atoms with van der Waals surface area (Å²) in [4.78, 5) is 0. The zero-order valence-corrected chi connectivity index (χ0v) is 11.8. The van der Waals surface area contributed by atoms with E-state index in [1.807, 2.05) is 30.3 Å². The van der Waals surface area contributed by atoms with Crippen LogP contribution in [0.25, 0.3) is 0 Å². The lowest BCUT2D eigenvalue weighted by Crippen LogP contribution is -2.32. The predicted molar refractivity (Wildman–Crippen MR) is 76.5 cm³/mol. The average molecular weight is 267 g/mol. The monoisotopic (exact) mass is 267 g/mol. The van der Waals surface area contributed by atoms with Gasteiger partial charge < -0.3 is 19.9 Å². The molecule has 1 atom stereocenters. The molecule has 0 aliphatic rings. The molecule has 1 rings (SSSR count). The summed E-state index contributed by atoms with van der Waals surface area (Å²) < 4.78 is 10.8. The molecule has 0 saturated carbocycles. The number of rotatable bonds is 10. The van der Waals surface area contributed by atoms with Crippen LogP contribution in [0.3, 0.4) is 0 Å². The minimum absolute atomic E-state index is 0.337. The van der Waals surface area contributed by atoms with Crippen LogP contribution in [0.4, 0.5) is 0 Å². The second-order valence-corrected chi connectivity index (χ2v) is 4.94. The molecule has 108 valence electrons. The van der Waals surface area contributed by atoms with Crippen molar-refractivity contribution in [1.29, 1.82) is 0 Å². The van der Waals surface area contributed by atoms with E-state index in [9.17, 15) is 5.11 Å². The molecule has 0 bridgehead atoms. The van der Waals surface area contributed by atoms with E-state index in [1.165, 1.54) is 0 Å². The van der Waals surface area contributed by atoms with Crippen molar-refractivity contribution in [3.8, 4) is 5.75 Å². The highest BCUT2D eigenvalue weighted by Gasteiger charge is 2.04. The number of para-hydroxylation sites is 1. The van der Waals surface area contributed by atoms with Gasteiger partial charge in [-0.3, -0.25) is 0 Å². The van der Waals surface area contributed by atoms with Crippen LogP contribution in [-0.2, 0) is 4.74 Å². The molecule has 0 heterocycles. The number of nitrogens with one attached hydrogen (secondary N) is 1. The van der Waals surface area contributed by atoms with E-state index < -0.39 is 6.10 Å². The van der Waals surface area contributed by atoms with Gasteiger partial charge in [-0.25, -0.2) is 0 Å². The van der Waals surface area contributed by atoms with Gasteiger partial charge in [0.15, 0.2) is 0 Å². The minimum atomic E-state index is -0.463. The van der Waals surface area contributed by atoms with Crippen LogP contribution in [0.2, 0.25) is 0 Å². The first-order valence-corrected chi connectivity index (χ1v) is 6.83. The standard InChI is InChI=1S/C15H25NO3/c1-13(2)10-16-11-14(17)12-18-8-9-19-15-6-4-3-5-7-15/h3-7,13-14,16-17H,8-12H2,1-2H3. The second kappa shape index (κ2) is 9.78. The minimum Gasteiger partial charge on any atom is -0.491 e. The Morgan fingerprint density at radius 1 is 1.11 bits per heavy atom. The van der Waals surface area contributed by atoms with Crippen LogP contribution in [0.1, 0.15) is 13.8 Å². The molecule has 0 aliphatic carbocycles. The summed E-state index contributed by atoms with van der Waals surface area (Å²) in [6.45, 7) is 7.06. The van der Waals surface area contributed by atoms with E-state index in [-0.39, 0.29) is 0 Å². The van der Waals surface area contributed by atoms with Crippen molar-refractivity contribution in [2.24, 2.45) is 5.92 Å². The van der Waals surface area contributed by atoms with E-state index in [1.54, 1.807) is 0 Å². The van der Waals surface area contributed by atoms with Crippen molar-refractivity contribution in [3.63, 3.8) is 0 Å². The summed E-state index contributed by atoms with van der Waals surface area (Å²) >= 11 is 0. The molecular weight excluding hydrogens is 242 g/mol. The molecule has 1 aromatic rings. The van der Waals surface area contributed by atoms with Crippen LogP contribution in [0.15, 0.2) is 30.3 Å². The van der Waals surface area contributed by atoms with Gasteiger partial charge >= 0.3 is 0 Å². The highest BCUT2D eigenvalue weighted by Crippen LogP contribution is 2.07. The first-order chi connectivity index (χ1) is 9.18. The largest absolute Gasteiger partial charge is 0.491 e. The summed E-state index contributed by atoms with van der Waals surface area (Å²) in [5.41, 5.74) is 0. The van der Waals surface area contributed by atoms with E-state index in [2.05, 4.69) is 19.2 Å². The Labute approximate surface area is 115 Å². The number of hydrogen-bond acceptors (Lipinski definition) is 4. The topological polar surface area (TPSA) is 50.7 Å². The molecular formula is C15H25NO3. The third kappa shape index (κ3) is 8.59. The Kier molecular flexibility index (Phi) is 8.21. The summed E-state index contributed by atoms with van der Waals surface area (Å²) in [6, 6.07) is 9.62. The molecule has 0 fully saturated rings. The SMILES string of the molecule is CC(C)CNCC(O)COCCOc1ccccc1. The van der Waals surface area contributed by atoms with Crippen LogP contribution in [0.5, 0.6) is 5.75 Å². The van der Waals surface area contributed by atoms with Crippen LogP contribution in [-0.4, -0.2) is 44.1 Å². The lowest BCUT2D eigenvalue weighted by atomic mass is 10.2. The Hall–Kier alpha value is -1.10. The molecule has 19 heavy (non-hydrogen) atoms. The van der Waals surface area contributed by atoms with Gasteiger partial charge in [0.05, 0.1) is 19.3 Å². The summed E-state index contributed by atoms with van der Waals surface area (Å²) in [6.07, 6.45) is -0.463. The normalized spacial score (nSPS) is 12.6. The Morgan fingerprint density at radius 2 is 1.84 bits per heavy atom. The average Bonchev–Trinajstić information content (AvgIpc) is 2.39. The smallest absolute Gasteiger partial charge is 0.119 e. The highest BCUT2D eigenvalue weighted by molar-refractivity contribution is 5.20. The summed E-state index contributed by atoms with van der Waals surface area (Å²) in [7, 11) is 0. The van der Waals surface area contributed by atoms with Crippen molar-refractivity contribution in [3.05, 3.63) is 30.3 Å². The molecule has 0 amide bonds. The van der Waals surface area contributed by atoms with E-state index in [4.69, 9.17) is 9.47 Å². The van der Waals surface area contributed by atoms with Crippen LogP contribution < -0.4 is 10.1 Å². The quantitative estimate of drug-likeness (QED) is 0.633. The fourth-order valence-corrected chi connectivity index (χ4v) is 1.55. The van der Waals surface area contributed by atoms with Gasteiger partial charge in [-0.2, -0.15) is 0 Å². The Balaban J connectivity index is 1.95. The third-order valence-electron chi connectivity index (χ3n) is 2.48. The van der Waals surface area contributed by atoms with Gasteiger partial charge in [0, 0.05) is 6.54 Å². The number of benzene rings is 1. The van der Waals surface area contributed by atoms with E-state index in [0.717, 1.165) is 12.3 Å². The molecule has 1 unspecified atom stereocenters. The van der Waals surface area contributed by atoms with Crippen molar-refractivity contribution in [2.45, 2.75) is 20.0 Å². The van der Waals surface area contributed by atoms with Crippen molar-refractivity contribution in [1.82, 2.24) is 5.32 Å². The maximum absolute atomic E-state index is 9.65. The van der Waals surface area contributed by atoms with Gasteiger partial charge in [0.2, 0.25) is 0 Å². The number of aliphatic hydroxyl groups is 1. The van der Waals surface area contributed by atoms with Gasteiger partial charge in [0.25, 0.3) is 0 Å². The van der Waals surface area contributed by atoms with Crippen molar-refractivity contribution >= 4 is 0 Å². The Morgan fingerprint density at radius 3 is 2.53 bits per heavy atom. The first-order valence-electron chi connectivity index (χ1n) is 6.83.